The smallest absolute Gasteiger partial charge is 0.328 e. The highest BCUT2D eigenvalue weighted by atomic mass is 16.4. The first-order chi connectivity index (χ1) is 13.6. The summed E-state index contributed by atoms with van der Waals surface area (Å²) in [5.74, 6) is -2.25. The summed E-state index contributed by atoms with van der Waals surface area (Å²) in [6.07, 6.45) is 1.27. The number of carbonyl (C=O) groups is 4. The van der Waals surface area contributed by atoms with Crippen LogP contribution in [-0.2, 0) is 19.8 Å². The molecule has 1 saturated heterocycles. The molecule has 11 heteroatoms. The first-order valence-corrected chi connectivity index (χ1v) is 8.93. The SMILES string of the molecule is CCC1(c2ccccc2)C(=O)NC(=O)NC1=O.N=C(N)NCCCC(N)C(=O)O. The lowest BCUT2D eigenvalue weighted by Gasteiger charge is -2.33. The molecule has 9 N–H and O–H groups in total. The lowest BCUT2D eigenvalue weighted by atomic mass is 9.75. The molecule has 0 aliphatic carbocycles. The summed E-state index contributed by atoms with van der Waals surface area (Å²) in [7, 11) is 0. The number of aliphatic carboxylic acids is 1. The van der Waals surface area contributed by atoms with Crippen LogP contribution in [0.5, 0.6) is 0 Å². The number of guanidine groups is 1. The maximum absolute atomic E-state index is 12.0. The molecule has 1 heterocycles. The van der Waals surface area contributed by atoms with Crippen LogP contribution in [0.1, 0.15) is 31.7 Å². The topological polar surface area (TPSA) is 200 Å². The average Bonchev–Trinajstić information content (AvgIpc) is 2.66. The van der Waals surface area contributed by atoms with Crippen LogP contribution in [0.4, 0.5) is 4.79 Å². The monoisotopic (exact) mass is 406 g/mol. The quantitative estimate of drug-likeness (QED) is 0.134. The van der Waals surface area contributed by atoms with E-state index in [2.05, 4.69) is 16.0 Å². The van der Waals surface area contributed by atoms with Crippen molar-refractivity contribution in [3.8, 4) is 0 Å². The van der Waals surface area contributed by atoms with Crippen molar-refractivity contribution < 1.29 is 24.3 Å². The molecule has 1 aromatic rings. The summed E-state index contributed by atoms with van der Waals surface area (Å²) < 4.78 is 0. The second-order valence-corrected chi connectivity index (χ2v) is 6.29. The minimum absolute atomic E-state index is 0.112. The van der Waals surface area contributed by atoms with Gasteiger partial charge in [-0.05, 0) is 24.8 Å². The Morgan fingerprint density at radius 1 is 1.21 bits per heavy atom. The summed E-state index contributed by atoms with van der Waals surface area (Å²) in [5, 5.41) is 22.0. The van der Waals surface area contributed by atoms with Crippen LogP contribution in [-0.4, -0.2) is 47.5 Å². The highest BCUT2D eigenvalue weighted by Crippen LogP contribution is 2.30. The van der Waals surface area contributed by atoms with Gasteiger partial charge in [-0.25, -0.2) is 4.79 Å². The van der Waals surface area contributed by atoms with Crippen molar-refractivity contribution >= 4 is 29.8 Å². The second-order valence-electron chi connectivity index (χ2n) is 6.29. The number of barbiturate groups is 1. The Kier molecular flexibility index (Phi) is 8.74. The summed E-state index contributed by atoms with van der Waals surface area (Å²) in [5.41, 5.74) is 9.49. The van der Waals surface area contributed by atoms with Crippen molar-refractivity contribution in [2.75, 3.05) is 6.54 Å². The van der Waals surface area contributed by atoms with Gasteiger partial charge < -0.3 is 21.9 Å². The van der Waals surface area contributed by atoms with Gasteiger partial charge >= 0.3 is 12.0 Å². The van der Waals surface area contributed by atoms with Crippen LogP contribution in [0, 0.1) is 5.41 Å². The highest BCUT2D eigenvalue weighted by molar-refractivity contribution is 6.22. The fraction of sp³-hybridized carbons (Fsp3) is 0.389. The third kappa shape index (κ3) is 6.28. The van der Waals surface area contributed by atoms with E-state index in [0.717, 1.165) is 0 Å². The molecule has 1 aromatic carbocycles. The average molecular weight is 406 g/mol. The van der Waals surface area contributed by atoms with Crippen LogP contribution < -0.4 is 27.4 Å². The number of urea groups is 1. The first kappa shape index (κ1) is 23.6. The molecule has 1 aliphatic rings. The number of benzene rings is 1. The number of hydrogen-bond acceptors (Lipinski definition) is 6. The Balaban J connectivity index is 0.000000311. The van der Waals surface area contributed by atoms with Crippen molar-refractivity contribution in [2.45, 2.75) is 37.6 Å². The van der Waals surface area contributed by atoms with E-state index in [0.29, 0.717) is 31.4 Å². The highest BCUT2D eigenvalue weighted by Gasteiger charge is 2.50. The van der Waals surface area contributed by atoms with E-state index in [-0.39, 0.29) is 5.96 Å². The number of nitrogens with two attached hydrogens (primary N) is 2. The summed E-state index contributed by atoms with van der Waals surface area (Å²) >= 11 is 0. The molecule has 4 amide bonds. The van der Waals surface area contributed by atoms with Gasteiger partial charge in [0.05, 0.1) is 0 Å². The third-order valence-corrected chi connectivity index (χ3v) is 4.35. The van der Waals surface area contributed by atoms with E-state index in [1.54, 1.807) is 37.3 Å². The van der Waals surface area contributed by atoms with Gasteiger partial charge in [-0.2, -0.15) is 0 Å². The number of amides is 4. The van der Waals surface area contributed by atoms with E-state index in [9.17, 15) is 19.2 Å². The Hall–Kier alpha value is -3.47. The lowest BCUT2D eigenvalue weighted by Crippen LogP contribution is -2.64. The van der Waals surface area contributed by atoms with Gasteiger partial charge in [0.15, 0.2) is 11.4 Å². The zero-order chi connectivity index (χ0) is 22.0. The number of carbonyl (C=O) groups excluding carboxylic acids is 3. The minimum Gasteiger partial charge on any atom is -0.480 e. The molecule has 29 heavy (non-hydrogen) atoms. The molecule has 1 aliphatic heterocycles. The Bertz CT molecular complexity index is 747. The second kappa shape index (κ2) is 10.8. The number of hydrogen-bond donors (Lipinski definition) is 7. The number of carboxylic acids is 1. The molecule has 1 atom stereocenters. The number of imide groups is 2. The van der Waals surface area contributed by atoms with Crippen molar-refractivity contribution in [1.82, 2.24) is 16.0 Å². The summed E-state index contributed by atoms with van der Waals surface area (Å²) in [4.78, 5) is 45.2. The van der Waals surface area contributed by atoms with E-state index < -0.39 is 35.3 Å². The molecule has 2 rings (SSSR count). The fourth-order valence-electron chi connectivity index (χ4n) is 2.73. The molecule has 0 bridgehead atoms. The summed E-state index contributed by atoms with van der Waals surface area (Å²) in [6.45, 7) is 2.22. The normalized spacial score (nSPS) is 15.9. The predicted octanol–water partition coefficient (Wildman–Crippen LogP) is -0.638. The standard InChI is InChI=1S/C12H12N2O3.C6H14N4O2/c1-2-12(8-6-4-3-5-7-8)9(15)13-11(17)14-10(12)16;7-4(5(11)12)2-1-3-10-6(8)9/h3-7H,2H2,1H3,(H2,13,14,15,16,17);4H,1-3,7H2,(H,11,12)(H4,8,9,10). The Labute approximate surface area is 167 Å². The van der Waals surface area contributed by atoms with Crippen molar-refractivity contribution in [1.29, 1.82) is 5.41 Å². The first-order valence-electron chi connectivity index (χ1n) is 8.93. The maximum atomic E-state index is 12.0. The fourth-order valence-corrected chi connectivity index (χ4v) is 2.73. The zero-order valence-corrected chi connectivity index (χ0v) is 16.0. The van der Waals surface area contributed by atoms with Crippen molar-refractivity contribution in [3.63, 3.8) is 0 Å². The molecular weight excluding hydrogens is 380 g/mol. The maximum Gasteiger partial charge on any atom is 0.328 e. The van der Waals surface area contributed by atoms with Crippen LogP contribution in [0.15, 0.2) is 30.3 Å². The third-order valence-electron chi connectivity index (χ3n) is 4.35. The number of rotatable bonds is 7. The van der Waals surface area contributed by atoms with Gasteiger partial charge in [-0.3, -0.25) is 30.4 Å². The van der Waals surface area contributed by atoms with Crippen molar-refractivity contribution in [3.05, 3.63) is 35.9 Å². The molecule has 11 nitrogen and oxygen atoms in total. The minimum atomic E-state index is -1.31. The number of nitrogens with one attached hydrogen (secondary N) is 4. The molecule has 1 unspecified atom stereocenters. The van der Waals surface area contributed by atoms with E-state index in [1.807, 2.05) is 0 Å². The van der Waals surface area contributed by atoms with Crippen LogP contribution in [0.2, 0.25) is 0 Å². The van der Waals surface area contributed by atoms with Gasteiger partial charge in [-0.15, -0.1) is 0 Å². The van der Waals surface area contributed by atoms with Gasteiger partial charge in [0.1, 0.15) is 6.04 Å². The van der Waals surface area contributed by atoms with Crippen molar-refractivity contribution in [2.24, 2.45) is 11.5 Å². The van der Waals surface area contributed by atoms with Gasteiger partial charge in [0.25, 0.3) is 0 Å². The van der Waals surface area contributed by atoms with Gasteiger partial charge in [0, 0.05) is 6.54 Å². The van der Waals surface area contributed by atoms with Gasteiger partial charge in [-0.1, -0.05) is 37.3 Å². The van der Waals surface area contributed by atoms with Crippen LogP contribution in [0.3, 0.4) is 0 Å². The van der Waals surface area contributed by atoms with Crippen LogP contribution in [0.25, 0.3) is 0 Å². The van der Waals surface area contributed by atoms with E-state index in [4.69, 9.17) is 22.0 Å². The van der Waals surface area contributed by atoms with Gasteiger partial charge in [0.2, 0.25) is 11.8 Å². The molecule has 0 radical (unpaired) electrons. The van der Waals surface area contributed by atoms with E-state index in [1.165, 1.54) is 0 Å². The molecule has 158 valence electrons. The number of carboxylic acid groups (broad SMARTS) is 1. The molecule has 1 fully saturated rings. The largest absolute Gasteiger partial charge is 0.480 e. The Morgan fingerprint density at radius 3 is 2.21 bits per heavy atom. The molecule has 0 saturated carbocycles. The molecule has 0 aromatic heterocycles. The zero-order valence-electron chi connectivity index (χ0n) is 16.0. The molecule has 0 spiro atoms. The Morgan fingerprint density at radius 2 is 1.76 bits per heavy atom. The summed E-state index contributed by atoms with van der Waals surface area (Å²) in [6, 6.07) is 7.14. The van der Waals surface area contributed by atoms with Crippen LogP contribution >= 0.6 is 0 Å². The predicted molar refractivity (Wildman–Crippen MR) is 105 cm³/mol. The van der Waals surface area contributed by atoms with E-state index >= 15 is 0 Å². The molecular formula is C18H26N6O5. The lowest BCUT2D eigenvalue weighted by molar-refractivity contribution is -0.140.